The lowest BCUT2D eigenvalue weighted by atomic mass is 9.90. The van der Waals surface area contributed by atoms with Gasteiger partial charge in [-0.3, -0.25) is 0 Å². The molecule has 196 valence electrons. The first-order valence-electron chi connectivity index (χ1n) is 14.5. The Morgan fingerprint density at radius 3 is 1.02 bits per heavy atom. The van der Waals surface area contributed by atoms with Gasteiger partial charge in [0.1, 0.15) is 0 Å². The molecular formula is C42H28. The average Bonchev–Trinajstić information content (AvgIpc) is 3.07. The summed E-state index contributed by atoms with van der Waals surface area (Å²) < 4.78 is 0. The van der Waals surface area contributed by atoms with E-state index >= 15 is 0 Å². The Labute approximate surface area is 245 Å². The lowest BCUT2D eigenvalue weighted by molar-refractivity contribution is 1.65. The smallest absolute Gasteiger partial charge is 0.00930 e. The van der Waals surface area contributed by atoms with Gasteiger partial charge in [-0.05, 0) is 88.6 Å². The summed E-state index contributed by atoms with van der Waals surface area (Å²) >= 11 is 0. The van der Waals surface area contributed by atoms with Crippen molar-refractivity contribution >= 4 is 55.2 Å². The fourth-order valence-corrected chi connectivity index (χ4v) is 6.51. The second kappa shape index (κ2) is 10.2. The van der Waals surface area contributed by atoms with Gasteiger partial charge in [-0.25, -0.2) is 0 Å². The Morgan fingerprint density at radius 1 is 0.262 bits per heavy atom. The molecule has 8 aromatic carbocycles. The Balaban J connectivity index is 1.37. The first-order chi connectivity index (χ1) is 20.8. The van der Waals surface area contributed by atoms with Crippen LogP contribution in [0.4, 0.5) is 0 Å². The minimum absolute atomic E-state index is 1.22. The fraction of sp³-hybridized carbons (Fsp3) is 0. The number of fused-ring (bicyclic) bond motifs is 6. The predicted molar refractivity (Wildman–Crippen MR) is 183 cm³/mol. The average molecular weight is 533 g/mol. The molecule has 8 aromatic rings. The van der Waals surface area contributed by atoms with Crippen LogP contribution in [0.2, 0.25) is 0 Å². The quantitative estimate of drug-likeness (QED) is 0.156. The van der Waals surface area contributed by atoms with Gasteiger partial charge in [-0.2, -0.15) is 0 Å². The molecule has 0 saturated carbocycles. The Hall–Kier alpha value is -5.46. The highest BCUT2D eigenvalue weighted by molar-refractivity contribution is 6.17. The fourth-order valence-electron chi connectivity index (χ4n) is 6.51. The lowest BCUT2D eigenvalue weighted by Crippen LogP contribution is -1.88. The number of rotatable bonds is 4. The van der Waals surface area contributed by atoms with E-state index in [0.29, 0.717) is 0 Å². The van der Waals surface area contributed by atoms with Crippen LogP contribution in [0.3, 0.4) is 0 Å². The Kier molecular flexibility index (Phi) is 5.90. The maximum atomic E-state index is 2.37. The molecule has 0 bridgehead atoms. The van der Waals surface area contributed by atoms with Crippen molar-refractivity contribution < 1.29 is 0 Å². The van der Waals surface area contributed by atoms with Gasteiger partial charge in [-0.1, -0.05) is 158 Å². The molecule has 0 aromatic heterocycles. The summed E-state index contributed by atoms with van der Waals surface area (Å²) in [7, 11) is 0. The van der Waals surface area contributed by atoms with Gasteiger partial charge in [0.2, 0.25) is 0 Å². The zero-order valence-corrected chi connectivity index (χ0v) is 23.2. The van der Waals surface area contributed by atoms with Crippen LogP contribution in [0, 0.1) is 0 Å². The van der Waals surface area contributed by atoms with E-state index in [1.807, 2.05) is 0 Å². The second-order valence-corrected chi connectivity index (χ2v) is 10.9. The molecule has 0 spiro atoms. The van der Waals surface area contributed by atoms with Crippen LogP contribution >= 0.6 is 0 Å². The molecule has 0 heterocycles. The van der Waals surface area contributed by atoms with E-state index in [2.05, 4.69) is 170 Å². The highest BCUT2D eigenvalue weighted by Gasteiger charge is 2.12. The molecule has 0 nitrogen and oxygen atoms in total. The minimum Gasteiger partial charge on any atom is -0.0622 e. The largest absolute Gasteiger partial charge is 0.0622 e. The van der Waals surface area contributed by atoms with Gasteiger partial charge in [-0.15, -0.1) is 0 Å². The summed E-state index contributed by atoms with van der Waals surface area (Å²) in [5, 5.41) is 10.2. The number of hydrogen-bond donors (Lipinski definition) is 0. The van der Waals surface area contributed by atoms with E-state index in [-0.39, 0.29) is 0 Å². The van der Waals surface area contributed by atoms with Crippen molar-refractivity contribution in [3.8, 4) is 22.3 Å². The lowest BCUT2D eigenvalue weighted by Gasteiger charge is -2.13. The van der Waals surface area contributed by atoms with E-state index in [1.54, 1.807) is 0 Å². The van der Waals surface area contributed by atoms with Crippen LogP contribution in [-0.2, 0) is 0 Å². The summed E-state index contributed by atoms with van der Waals surface area (Å²) in [5.74, 6) is 0. The van der Waals surface area contributed by atoms with Crippen molar-refractivity contribution in [2.75, 3.05) is 0 Å². The Bertz CT molecular complexity index is 2110. The maximum absolute atomic E-state index is 2.37. The predicted octanol–water partition coefficient (Wildman–Crippen LogP) is 11.8. The minimum atomic E-state index is 1.22. The van der Waals surface area contributed by atoms with E-state index in [1.165, 1.54) is 76.5 Å². The van der Waals surface area contributed by atoms with E-state index in [9.17, 15) is 0 Å². The normalized spacial score (nSPS) is 11.7. The number of benzene rings is 8. The van der Waals surface area contributed by atoms with Gasteiger partial charge in [0.05, 0.1) is 0 Å². The summed E-state index contributed by atoms with van der Waals surface area (Å²) in [6.07, 6.45) is 4.62. The molecule has 0 aliphatic rings. The van der Waals surface area contributed by atoms with Crippen molar-refractivity contribution in [2.24, 2.45) is 0 Å². The number of hydrogen-bond acceptors (Lipinski definition) is 0. The van der Waals surface area contributed by atoms with Crippen LogP contribution in [0.5, 0.6) is 0 Å². The van der Waals surface area contributed by atoms with Gasteiger partial charge in [0.15, 0.2) is 0 Å². The molecule has 0 amide bonds. The third-order valence-electron chi connectivity index (χ3n) is 8.48. The van der Waals surface area contributed by atoms with Gasteiger partial charge in [0.25, 0.3) is 0 Å². The van der Waals surface area contributed by atoms with Crippen molar-refractivity contribution in [3.05, 3.63) is 169 Å². The van der Waals surface area contributed by atoms with Gasteiger partial charge >= 0.3 is 0 Å². The molecule has 0 saturated heterocycles. The zero-order chi connectivity index (χ0) is 27.9. The Morgan fingerprint density at radius 2 is 0.595 bits per heavy atom. The van der Waals surface area contributed by atoms with Crippen molar-refractivity contribution in [1.82, 2.24) is 0 Å². The molecule has 0 unspecified atom stereocenters. The summed E-state index contributed by atoms with van der Waals surface area (Å²) in [6, 6.07) is 57.1. The monoisotopic (exact) mass is 532 g/mol. The first-order valence-corrected chi connectivity index (χ1v) is 14.5. The van der Waals surface area contributed by atoms with Crippen LogP contribution in [0.25, 0.3) is 77.5 Å². The molecule has 0 N–H and O–H groups in total. The van der Waals surface area contributed by atoms with Crippen molar-refractivity contribution in [2.45, 2.75) is 0 Å². The topological polar surface area (TPSA) is 0 Å². The maximum Gasteiger partial charge on any atom is -0.00930 e. The molecular weight excluding hydrogens is 504 g/mol. The SMILES string of the molecule is C(=C/c1cc2c(-c3ccccc3)cccc2c2ccccc12)/c1cc2c(-c3ccccc3)cccc2c2ccccc12. The third-order valence-corrected chi connectivity index (χ3v) is 8.48. The van der Waals surface area contributed by atoms with Crippen molar-refractivity contribution in [3.63, 3.8) is 0 Å². The molecule has 0 aliphatic heterocycles. The van der Waals surface area contributed by atoms with Crippen LogP contribution in [0.1, 0.15) is 11.1 Å². The second-order valence-electron chi connectivity index (χ2n) is 10.9. The third kappa shape index (κ3) is 4.08. The molecule has 8 rings (SSSR count). The van der Waals surface area contributed by atoms with E-state index < -0.39 is 0 Å². The zero-order valence-electron chi connectivity index (χ0n) is 23.2. The molecule has 0 aliphatic carbocycles. The molecule has 42 heavy (non-hydrogen) atoms. The highest BCUT2D eigenvalue weighted by atomic mass is 14.2. The molecule has 0 atom stereocenters. The van der Waals surface area contributed by atoms with Crippen molar-refractivity contribution in [1.29, 1.82) is 0 Å². The standard InChI is InChI=1S/C42H28/c1-3-13-29(14-4-1)33-21-11-23-39-37-19-9-7-17-35(37)31(27-41(33)39)25-26-32-28-42-34(30-15-5-2-6-16-30)22-12-24-40(42)38-20-10-8-18-36(32)38/h1-28H/b26-25-. The summed E-state index contributed by atoms with van der Waals surface area (Å²) in [4.78, 5) is 0. The molecule has 0 fully saturated rings. The van der Waals surface area contributed by atoms with Gasteiger partial charge < -0.3 is 0 Å². The highest BCUT2D eigenvalue weighted by Crippen LogP contribution is 2.38. The van der Waals surface area contributed by atoms with E-state index in [4.69, 9.17) is 0 Å². The summed E-state index contributed by atoms with van der Waals surface area (Å²) in [5.41, 5.74) is 7.45. The summed E-state index contributed by atoms with van der Waals surface area (Å²) in [6.45, 7) is 0. The first kappa shape index (κ1) is 24.3. The molecule has 0 heteroatoms. The molecule has 0 radical (unpaired) electrons. The van der Waals surface area contributed by atoms with Gasteiger partial charge in [0, 0.05) is 0 Å². The van der Waals surface area contributed by atoms with Crippen LogP contribution in [-0.4, -0.2) is 0 Å². The van der Waals surface area contributed by atoms with Crippen LogP contribution < -0.4 is 0 Å². The van der Waals surface area contributed by atoms with Crippen LogP contribution in [0.15, 0.2) is 158 Å². The van der Waals surface area contributed by atoms with E-state index in [0.717, 1.165) is 0 Å².